The van der Waals surface area contributed by atoms with E-state index in [1.165, 1.54) is 24.8 Å². The Morgan fingerprint density at radius 1 is 1.12 bits per heavy atom. The van der Waals surface area contributed by atoms with Gasteiger partial charge in [0, 0.05) is 0 Å². The van der Waals surface area contributed by atoms with Crippen LogP contribution >= 0.6 is 0 Å². The van der Waals surface area contributed by atoms with Gasteiger partial charge in [0.1, 0.15) is 0 Å². The molecule has 1 heterocycles. The van der Waals surface area contributed by atoms with Gasteiger partial charge in [0.2, 0.25) is 0 Å². The monoisotopic (exact) mass is 220 g/mol. The first-order chi connectivity index (χ1) is 7.68. The first-order valence-corrected chi connectivity index (χ1v) is 6.96. The number of hydrogen-bond donors (Lipinski definition) is 0. The fraction of sp³-hybridized carbons (Fsp3) is 0.867. The average Bonchev–Trinajstić information content (AvgIpc) is 2.27. The van der Waals surface area contributed by atoms with E-state index in [-0.39, 0.29) is 0 Å². The molecule has 1 nitrogen and oxygen atoms in total. The highest BCUT2D eigenvalue weighted by atomic mass is 16.5. The molecule has 1 saturated heterocycles. The maximum atomic E-state index is 6.12. The summed E-state index contributed by atoms with van der Waals surface area (Å²) < 4.78 is 6.12. The molecule has 0 bridgehead atoms. The maximum absolute atomic E-state index is 6.12. The Bertz CT molecular complexity index is 307. The molecule has 0 N–H and O–H groups in total. The zero-order chi connectivity index (χ0) is 11.3. The summed E-state index contributed by atoms with van der Waals surface area (Å²) in [6.45, 7) is 8.10. The van der Waals surface area contributed by atoms with Crippen LogP contribution in [0.3, 0.4) is 0 Å². The lowest BCUT2D eigenvalue weighted by Gasteiger charge is -2.53. The van der Waals surface area contributed by atoms with Crippen LogP contribution < -0.4 is 0 Å². The highest BCUT2D eigenvalue weighted by molar-refractivity contribution is 5.16. The van der Waals surface area contributed by atoms with E-state index in [2.05, 4.69) is 26.8 Å². The third kappa shape index (κ3) is 1.48. The van der Waals surface area contributed by atoms with Crippen LogP contribution in [0.25, 0.3) is 0 Å². The lowest BCUT2D eigenvalue weighted by Crippen LogP contribution is -2.51. The van der Waals surface area contributed by atoms with Crippen LogP contribution in [0.4, 0.5) is 0 Å². The van der Waals surface area contributed by atoms with Crippen LogP contribution in [0.2, 0.25) is 0 Å². The Kier molecular flexibility index (Phi) is 2.62. The van der Waals surface area contributed by atoms with Gasteiger partial charge < -0.3 is 4.74 Å². The number of allylic oxidation sites excluding steroid dienone is 1. The van der Waals surface area contributed by atoms with Crippen LogP contribution in [0.15, 0.2) is 11.6 Å². The molecule has 0 aromatic heterocycles. The molecule has 90 valence electrons. The summed E-state index contributed by atoms with van der Waals surface area (Å²) in [4.78, 5) is 0. The van der Waals surface area contributed by atoms with Crippen molar-refractivity contribution in [3.05, 3.63) is 11.6 Å². The lowest BCUT2D eigenvalue weighted by molar-refractivity contribution is -0.121. The maximum Gasteiger partial charge on any atom is 0.0816 e. The van der Waals surface area contributed by atoms with Crippen LogP contribution in [-0.4, -0.2) is 12.7 Å². The number of rotatable bonds is 0. The van der Waals surface area contributed by atoms with Crippen molar-refractivity contribution in [1.82, 2.24) is 0 Å². The molecule has 6 atom stereocenters. The first-order valence-electron chi connectivity index (χ1n) is 6.96. The van der Waals surface area contributed by atoms with Crippen LogP contribution in [-0.2, 0) is 4.74 Å². The minimum absolute atomic E-state index is 0.461. The van der Waals surface area contributed by atoms with Gasteiger partial charge in [-0.05, 0) is 54.9 Å². The van der Waals surface area contributed by atoms with Gasteiger partial charge in [-0.1, -0.05) is 26.3 Å². The molecule has 3 rings (SSSR count). The lowest BCUT2D eigenvalue weighted by atomic mass is 9.57. The van der Waals surface area contributed by atoms with Crippen LogP contribution in [0.5, 0.6) is 0 Å². The quantitative estimate of drug-likeness (QED) is 0.566. The third-order valence-corrected chi connectivity index (χ3v) is 5.45. The zero-order valence-corrected chi connectivity index (χ0v) is 10.8. The third-order valence-electron chi connectivity index (χ3n) is 5.45. The second kappa shape index (κ2) is 3.87. The van der Waals surface area contributed by atoms with Crippen molar-refractivity contribution in [2.24, 2.45) is 29.6 Å². The van der Waals surface area contributed by atoms with Gasteiger partial charge in [-0.15, -0.1) is 0 Å². The van der Waals surface area contributed by atoms with Gasteiger partial charge in [-0.25, -0.2) is 0 Å². The normalized spacial score (nSPS) is 51.8. The van der Waals surface area contributed by atoms with Crippen molar-refractivity contribution in [2.75, 3.05) is 6.61 Å². The highest BCUT2D eigenvalue weighted by Crippen LogP contribution is 2.51. The van der Waals surface area contributed by atoms with E-state index in [4.69, 9.17) is 4.74 Å². The van der Waals surface area contributed by atoms with Crippen molar-refractivity contribution in [1.29, 1.82) is 0 Å². The molecule has 1 saturated carbocycles. The average molecular weight is 220 g/mol. The summed E-state index contributed by atoms with van der Waals surface area (Å²) in [7, 11) is 0. The van der Waals surface area contributed by atoms with E-state index in [1.807, 2.05) is 0 Å². The van der Waals surface area contributed by atoms with Crippen molar-refractivity contribution >= 4 is 0 Å². The van der Waals surface area contributed by atoms with Gasteiger partial charge >= 0.3 is 0 Å². The van der Waals surface area contributed by atoms with Gasteiger partial charge in [0.05, 0.1) is 12.7 Å². The second-order valence-corrected chi connectivity index (χ2v) is 6.37. The molecule has 0 amide bonds. The summed E-state index contributed by atoms with van der Waals surface area (Å²) >= 11 is 0. The summed E-state index contributed by atoms with van der Waals surface area (Å²) in [6, 6.07) is 0. The van der Waals surface area contributed by atoms with E-state index >= 15 is 0 Å². The molecule has 0 spiro atoms. The van der Waals surface area contributed by atoms with E-state index < -0.39 is 0 Å². The molecule has 0 aromatic carbocycles. The molecule has 1 aliphatic heterocycles. The Labute approximate surface area is 99.3 Å². The van der Waals surface area contributed by atoms with E-state index in [0.717, 1.165) is 36.2 Å². The van der Waals surface area contributed by atoms with Gasteiger partial charge in [-0.3, -0.25) is 0 Å². The molecule has 16 heavy (non-hydrogen) atoms. The molecule has 1 heteroatoms. The van der Waals surface area contributed by atoms with Crippen molar-refractivity contribution < 1.29 is 4.74 Å². The van der Waals surface area contributed by atoms with E-state index in [0.29, 0.717) is 6.10 Å². The predicted molar refractivity (Wildman–Crippen MR) is 66.1 cm³/mol. The molecular weight excluding hydrogens is 196 g/mol. The zero-order valence-electron chi connectivity index (χ0n) is 10.8. The first kappa shape index (κ1) is 10.8. The second-order valence-electron chi connectivity index (χ2n) is 6.37. The van der Waals surface area contributed by atoms with Gasteiger partial charge in [-0.2, -0.15) is 0 Å². The molecule has 0 radical (unpaired) electrons. The Morgan fingerprint density at radius 3 is 2.75 bits per heavy atom. The van der Waals surface area contributed by atoms with Crippen molar-refractivity contribution in [3.8, 4) is 0 Å². The standard InChI is InChI=1S/C15H24O/c1-9-4-6-13-11(3)8-16-15-10(2)5-7-12(9)14(13)15/h5,9,11-15H,4,6-8H2,1-3H3/t9-,11?,12+,13+,14+,15-/m1/s1. The summed E-state index contributed by atoms with van der Waals surface area (Å²) in [6.07, 6.45) is 7.09. The Morgan fingerprint density at radius 2 is 1.94 bits per heavy atom. The molecule has 2 aliphatic carbocycles. The smallest absolute Gasteiger partial charge is 0.0816 e. The minimum Gasteiger partial charge on any atom is -0.373 e. The fourth-order valence-corrected chi connectivity index (χ4v) is 4.42. The van der Waals surface area contributed by atoms with Gasteiger partial charge in [0.15, 0.2) is 0 Å². The fourth-order valence-electron chi connectivity index (χ4n) is 4.42. The Balaban J connectivity index is 1.94. The predicted octanol–water partition coefficient (Wildman–Crippen LogP) is 3.65. The molecule has 2 fully saturated rings. The molecule has 0 aromatic rings. The summed E-state index contributed by atoms with van der Waals surface area (Å²) in [5.74, 6) is 4.35. The number of ether oxygens (including phenoxy) is 1. The summed E-state index contributed by atoms with van der Waals surface area (Å²) in [5.41, 5.74) is 1.51. The largest absolute Gasteiger partial charge is 0.373 e. The van der Waals surface area contributed by atoms with Crippen molar-refractivity contribution in [3.63, 3.8) is 0 Å². The van der Waals surface area contributed by atoms with Crippen molar-refractivity contribution in [2.45, 2.75) is 46.1 Å². The number of hydrogen-bond acceptors (Lipinski definition) is 1. The van der Waals surface area contributed by atoms with Crippen LogP contribution in [0, 0.1) is 29.6 Å². The highest BCUT2D eigenvalue weighted by Gasteiger charge is 2.48. The van der Waals surface area contributed by atoms with E-state index in [1.54, 1.807) is 0 Å². The summed E-state index contributed by atoms with van der Waals surface area (Å²) in [5, 5.41) is 0. The molecular formula is C15H24O. The molecule has 1 unspecified atom stereocenters. The topological polar surface area (TPSA) is 9.23 Å². The van der Waals surface area contributed by atoms with Crippen LogP contribution in [0.1, 0.15) is 40.0 Å². The minimum atomic E-state index is 0.461. The van der Waals surface area contributed by atoms with Gasteiger partial charge in [0.25, 0.3) is 0 Å². The van der Waals surface area contributed by atoms with E-state index in [9.17, 15) is 0 Å². The Hall–Kier alpha value is -0.300. The molecule has 3 aliphatic rings. The SMILES string of the molecule is CC1=CC[C@@H]2[C@@H]3[C@@H]1OCC(C)[C@@H]3CC[C@H]2C.